The first kappa shape index (κ1) is 16.5. The molecular weight excluding hydrogens is 352 g/mol. The van der Waals surface area contributed by atoms with Gasteiger partial charge in [-0.1, -0.05) is 30.1 Å². The minimum atomic E-state index is -0.509. The van der Waals surface area contributed by atoms with Crippen LogP contribution in [-0.2, 0) is 4.79 Å². The number of allylic oxidation sites excluding steroid dienone is 1. The molecule has 24 heavy (non-hydrogen) atoms. The number of hydrogen-bond acceptors (Lipinski definition) is 7. The monoisotopic (exact) mass is 364 g/mol. The van der Waals surface area contributed by atoms with Crippen LogP contribution in [0.4, 0.5) is 5.69 Å². The van der Waals surface area contributed by atoms with E-state index in [4.69, 9.17) is 21.7 Å². The Morgan fingerprint density at radius 2 is 2.17 bits per heavy atom. The molecule has 1 aromatic rings. The third-order valence-corrected chi connectivity index (χ3v) is 5.14. The van der Waals surface area contributed by atoms with Crippen LogP contribution >= 0.6 is 24.0 Å². The molecule has 2 heterocycles. The van der Waals surface area contributed by atoms with E-state index in [1.807, 2.05) is 0 Å². The Hall–Kier alpha value is -2.39. The van der Waals surface area contributed by atoms with E-state index < -0.39 is 4.92 Å². The van der Waals surface area contributed by atoms with Gasteiger partial charge < -0.3 is 9.47 Å². The lowest BCUT2D eigenvalue weighted by atomic mass is 10.0. The second kappa shape index (κ2) is 6.25. The zero-order valence-corrected chi connectivity index (χ0v) is 14.2. The lowest BCUT2D eigenvalue weighted by Gasteiger charge is -2.11. The highest BCUT2D eigenvalue weighted by molar-refractivity contribution is 8.26. The predicted molar refractivity (Wildman–Crippen MR) is 93.9 cm³/mol. The standard InChI is InChI=1S/C15H12N2O5S2/c1-3-4-16-14(18)13(24-15(16)23)8(2)9-5-11-12(22-7-21-11)6-10(9)17(19)20/h3,5-6H,1,4,7H2,2H3/b13-8-. The predicted octanol–water partition coefficient (Wildman–Crippen LogP) is 3.10. The van der Waals surface area contributed by atoms with Crippen molar-refractivity contribution in [1.29, 1.82) is 0 Å². The van der Waals surface area contributed by atoms with Crippen molar-refractivity contribution >= 4 is 45.5 Å². The Bertz CT molecular complexity index is 818. The summed E-state index contributed by atoms with van der Waals surface area (Å²) in [5.41, 5.74) is 0.637. The molecule has 0 aliphatic carbocycles. The van der Waals surface area contributed by atoms with Crippen LogP contribution < -0.4 is 9.47 Å². The molecule has 2 aliphatic rings. The van der Waals surface area contributed by atoms with E-state index in [-0.39, 0.29) is 18.4 Å². The lowest BCUT2D eigenvalue weighted by Crippen LogP contribution is -2.28. The molecule has 1 fully saturated rings. The van der Waals surface area contributed by atoms with Crippen LogP contribution in [0, 0.1) is 10.1 Å². The van der Waals surface area contributed by atoms with Crippen molar-refractivity contribution < 1.29 is 19.2 Å². The average Bonchev–Trinajstić information content (AvgIpc) is 3.12. The van der Waals surface area contributed by atoms with Gasteiger partial charge in [0.25, 0.3) is 11.6 Å². The molecule has 0 bridgehead atoms. The van der Waals surface area contributed by atoms with Crippen molar-refractivity contribution in [1.82, 2.24) is 4.90 Å². The summed E-state index contributed by atoms with van der Waals surface area (Å²) < 4.78 is 10.9. The topological polar surface area (TPSA) is 81.9 Å². The van der Waals surface area contributed by atoms with Gasteiger partial charge in [-0.25, -0.2) is 0 Å². The van der Waals surface area contributed by atoms with Crippen molar-refractivity contribution in [3.63, 3.8) is 0 Å². The van der Waals surface area contributed by atoms with E-state index in [0.29, 0.717) is 38.4 Å². The molecule has 0 aromatic heterocycles. The van der Waals surface area contributed by atoms with Gasteiger partial charge in [0.2, 0.25) is 6.79 Å². The fourth-order valence-corrected chi connectivity index (χ4v) is 3.73. The lowest BCUT2D eigenvalue weighted by molar-refractivity contribution is -0.385. The Morgan fingerprint density at radius 3 is 2.79 bits per heavy atom. The molecule has 0 radical (unpaired) electrons. The Morgan fingerprint density at radius 1 is 1.50 bits per heavy atom. The molecular formula is C15H12N2O5S2. The molecule has 1 aromatic carbocycles. The van der Waals surface area contributed by atoms with Crippen LogP contribution in [0.5, 0.6) is 11.5 Å². The molecule has 3 rings (SSSR count). The van der Waals surface area contributed by atoms with Crippen molar-refractivity contribution in [2.24, 2.45) is 0 Å². The van der Waals surface area contributed by atoms with E-state index >= 15 is 0 Å². The molecule has 1 amide bonds. The first-order valence-electron chi connectivity index (χ1n) is 6.88. The van der Waals surface area contributed by atoms with Gasteiger partial charge in [0.1, 0.15) is 4.32 Å². The van der Waals surface area contributed by atoms with Gasteiger partial charge in [-0.3, -0.25) is 19.8 Å². The SMILES string of the molecule is C=CCN1C(=O)/C(=C(\C)c2cc3c(cc2[N+](=O)[O-])OCO3)SC1=S. The van der Waals surface area contributed by atoms with E-state index in [9.17, 15) is 14.9 Å². The smallest absolute Gasteiger partial charge is 0.280 e. The van der Waals surface area contributed by atoms with Crippen LogP contribution in [0.25, 0.3) is 5.57 Å². The van der Waals surface area contributed by atoms with Crippen LogP contribution in [0.15, 0.2) is 29.7 Å². The zero-order valence-electron chi connectivity index (χ0n) is 12.6. The van der Waals surface area contributed by atoms with Gasteiger partial charge >= 0.3 is 0 Å². The van der Waals surface area contributed by atoms with E-state index in [1.165, 1.54) is 17.0 Å². The van der Waals surface area contributed by atoms with Crippen molar-refractivity contribution in [3.8, 4) is 11.5 Å². The summed E-state index contributed by atoms with van der Waals surface area (Å²) in [5.74, 6) is 0.448. The molecule has 0 unspecified atom stereocenters. The normalized spacial score (nSPS) is 18.1. The number of carbonyl (C=O) groups excluding carboxylic acids is 1. The summed E-state index contributed by atoms with van der Waals surface area (Å²) in [4.78, 5) is 25.2. The van der Waals surface area contributed by atoms with E-state index in [2.05, 4.69) is 6.58 Å². The molecule has 7 nitrogen and oxygen atoms in total. The number of carbonyl (C=O) groups is 1. The summed E-state index contributed by atoms with van der Waals surface area (Å²) >= 11 is 6.32. The van der Waals surface area contributed by atoms with E-state index in [1.54, 1.807) is 13.0 Å². The maximum atomic E-state index is 12.5. The largest absolute Gasteiger partial charge is 0.454 e. The van der Waals surface area contributed by atoms with Crippen molar-refractivity contribution in [2.75, 3.05) is 13.3 Å². The zero-order chi connectivity index (χ0) is 17.4. The van der Waals surface area contributed by atoms with Gasteiger partial charge in [-0.15, -0.1) is 6.58 Å². The van der Waals surface area contributed by atoms with Gasteiger partial charge in [-0.2, -0.15) is 0 Å². The summed E-state index contributed by atoms with van der Waals surface area (Å²) in [7, 11) is 0. The number of thioether (sulfide) groups is 1. The van der Waals surface area contributed by atoms with Crippen LogP contribution in [0.2, 0.25) is 0 Å². The molecule has 9 heteroatoms. The molecule has 0 spiro atoms. The number of nitro benzene ring substituents is 1. The molecule has 1 saturated heterocycles. The number of fused-ring (bicyclic) bond motifs is 1. The average molecular weight is 364 g/mol. The summed E-state index contributed by atoms with van der Waals surface area (Å²) in [6, 6.07) is 2.83. The highest BCUT2D eigenvalue weighted by Gasteiger charge is 2.35. The number of ether oxygens (including phenoxy) is 2. The minimum absolute atomic E-state index is 0.0104. The molecule has 2 aliphatic heterocycles. The first-order valence-corrected chi connectivity index (χ1v) is 8.10. The number of rotatable bonds is 4. The Balaban J connectivity index is 2.11. The third-order valence-electron chi connectivity index (χ3n) is 3.59. The highest BCUT2D eigenvalue weighted by Crippen LogP contribution is 2.44. The van der Waals surface area contributed by atoms with Crippen LogP contribution in [0.3, 0.4) is 0 Å². The van der Waals surface area contributed by atoms with Gasteiger partial charge in [0.15, 0.2) is 11.5 Å². The quantitative estimate of drug-likeness (QED) is 0.267. The van der Waals surface area contributed by atoms with Crippen molar-refractivity contribution in [3.05, 3.63) is 45.4 Å². The molecule has 0 N–H and O–H groups in total. The third kappa shape index (κ3) is 2.65. The highest BCUT2D eigenvalue weighted by atomic mass is 32.2. The van der Waals surface area contributed by atoms with E-state index in [0.717, 1.165) is 11.8 Å². The molecule has 124 valence electrons. The summed E-state index contributed by atoms with van der Waals surface area (Å²) in [6.45, 7) is 5.56. The number of nitrogens with zero attached hydrogens (tertiary/aromatic N) is 2. The summed E-state index contributed by atoms with van der Waals surface area (Å²) in [5, 5.41) is 11.4. The van der Waals surface area contributed by atoms with Crippen molar-refractivity contribution in [2.45, 2.75) is 6.92 Å². The Kier molecular flexibility index (Phi) is 4.29. The fraction of sp³-hybridized carbons (Fsp3) is 0.200. The number of hydrogen-bond donors (Lipinski definition) is 0. The van der Waals surface area contributed by atoms with Crippen LogP contribution in [-0.4, -0.2) is 33.4 Å². The second-order valence-electron chi connectivity index (χ2n) is 5.01. The molecule has 0 saturated carbocycles. The Labute approximate surface area is 147 Å². The summed E-state index contributed by atoms with van der Waals surface area (Å²) in [6.07, 6.45) is 1.58. The first-order chi connectivity index (χ1) is 11.4. The number of benzene rings is 1. The fourth-order valence-electron chi connectivity index (χ4n) is 2.42. The number of nitro groups is 1. The van der Waals surface area contributed by atoms with Gasteiger partial charge in [0.05, 0.1) is 21.5 Å². The van der Waals surface area contributed by atoms with Gasteiger partial charge in [0, 0.05) is 6.54 Å². The van der Waals surface area contributed by atoms with Crippen LogP contribution in [0.1, 0.15) is 12.5 Å². The number of amides is 1. The maximum Gasteiger partial charge on any atom is 0.280 e. The minimum Gasteiger partial charge on any atom is -0.454 e. The maximum absolute atomic E-state index is 12.5. The van der Waals surface area contributed by atoms with Gasteiger partial charge in [-0.05, 0) is 18.6 Å². The molecule has 0 atom stereocenters. The second-order valence-corrected chi connectivity index (χ2v) is 6.65. The number of thiocarbonyl (C=S) groups is 1.